The van der Waals surface area contributed by atoms with Crippen LogP contribution in [0.25, 0.3) is 0 Å². The number of rotatable bonds is 4. The first kappa shape index (κ1) is 14.5. The van der Waals surface area contributed by atoms with Crippen LogP contribution in [0.15, 0.2) is 29.2 Å². The molecule has 1 nitrogen and oxygen atoms in total. The summed E-state index contributed by atoms with van der Waals surface area (Å²) in [5, 5.41) is 4.24. The predicted octanol–water partition coefficient (Wildman–Crippen LogP) is 4.37. The van der Waals surface area contributed by atoms with Crippen molar-refractivity contribution in [1.29, 1.82) is 0 Å². The van der Waals surface area contributed by atoms with Crippen molar-refractivity contribution in [2.24, 2.45) is 17.8 Å². The van der Waals surface area contributed by atoms with Gasteiger partial charge in [-0.2, -0.15) is 0 Å². The molecule has 3 rings (SSSR count). The number of hydrogen-bond donors (Lipinski definition) is 1. The normalized spacial score (nSPS) is 33.1. The lowest BCUT2D eigenvalue weighted by Crippen LogP contribution is -2.32. The molecule has 2 aliphatic rings. The third-order valence-corrected chi connectivity index (χ3v) is 6.49. The summed E-state index contributed by atoms with van der Waals surface area (Å²) in [6.07, 6.45) is 7.01. The molecule has 0 radical (unpaired) electrons. The van der Waals surface area contributed by atoms with Crippen LogP contribution in [0.3, 0.4) is 0 Å². The van der Waals surface area contributed by atoms with E-state index in [1.807, 2.05) is 0 Å². The summed E-state index contributed by atoms with van der Waals surface area (Å²) in [6, 6.07) is 8.99. The Hall–Kier alpha value is -0.470. The molecule has 0 amide bonds. The summed E-state index contributed by atoms with van der Waals surface area (Å²) < 4.78 is 0. The van der Waals surface area contributed by atoms with Crippen LogP contribution in [0, 0.1) is 17.8 Å². The van der Waals surface area contributed by atoms with E-state index in [1.165, 1.54) is 43.5 Å². The van der Waals surface area contributed by atoms with Crippen molar-refractivity contribution in [1.82, 2.24) is 5.32 Å². The van der Waals surface area contributed by atoms with Crippen molar-refractivity contribution in [2.75, 3.05) is 13.6 Å². The molecule has 0 aromatic heterocycles. The summed E-state index contributed by atoms with van der Waals surface area (Å²) in [7, 11) is 2.11. The van der Waals surface area contributed by atoms with E-state index in [1.54, 1.807) is 5.56 Å². The number of hydrogen-bond acceptors (Lipinski definition) is 2. The largest absolute Gasteiger partial charge is 0.319 e. The van der Waals surface area contributed by atoms with Gasteiger partial charge in [-0.05, 0) is 68.7 Å². The average Bonchev–Trinajstić information content (AvgIpc) is 2.84. The maximum Gasteiger partial charge on any atom is 0.0138 e. The fraction of sp³-hybridized carbons (Fsp3) is 0.667. The van der Waals surface area contributed by atoms with Gasteiger partial charge in [0.1, 0.15) is 0 Å². The highest BCUT2D eigenvalue weighted by Crippen LogP contribution is 2.44. The van der Waals surface area contributed by atoms with Crippen LogP contribution in [0.2, 0.25) is 0 Å². The van der Waals surface area contributed by atoms with Crippen molar-refractivity contribution >= 4 is 11.8 Å². The molecule has 1 saturated carbocycles. The van der Waals surface area contributed by atoms with Gasteiger partial charge in [0.15, 0.2) is 0 Å². The molecule has 4 atom stereocenters. The van der Waals surface area contributed by atoms with Crippen LogP contribution < -0.4 is 5.32 Å². The van der Waals surface area contributed by atoms with Crippen LogP contribution in [0.1, 0.15) is 38.2 Å². The Morgan fingerprint density at radius 1 is 1.20 bits per heavy atom. The van der Waals surface area contributed by atoms with Crippen molar-refractivity contribution in [3.63, 3.8) is 0 Å². The minimum absolute atomic E-state index is 0.821. The Labute approximate surface area is 127 Å². The molecule has 20 heavy (non-hydrogen) atoms. The highest BCUT2D eigenvalue weighted by Gasteiger charge is 2.32. The molecule has 1 aromatic carbocycles. The van der Waals surface area contributed by atoms with E-state index in [4.69, 9.17) is 0 Å². The van der Waals surface area contributed by atoms with Crippen LogP contribution >= 0.6 is 11.8 Å². The first-order valence-electron chi connectivity index (χ1n) is 8.15. The van der Waals surface area contributed by atoms with Crippen molar-refractivity contribution in [2.45, 2.75) is 49.2 Å². The molecule has 1 aliphatic heterocycles. The highest BCUT2D eigenvalue weighted by molar-refractivity contribution is 8.00. The van der Waals surface area contributed by atoms with Gasteiger partial charge in [-0.3, -0.25) is 0 Å². The smallest absolute Gasteiger partial charge is 0.0138 e. The standard InChI is InChI=1S/C18H27NS/c1-13-7-8-15(12-19-2)16(9-13)11-17-10-14-5-3-4-6-18(14)20-17/h3-6,13,15-17,19H,7-12H2,1-2H3. The predicted molar refractivity (Wildman–Crippen MR) is 88.3 cm³/mol. The molecule has 1 N–H and O–H groups in total. The maximum atomic E-state index is 3.42. The lowest BCUT2D eigenvalue weighted by atomic mass is 9.72. The summed E-state index contributed by atoms with van der Waals surface area (Å²) in [6.45, 7) is 3.65. The first-order valence-corrected chi connectivity index (χ1v) is 9.03. The Morgan fingerprint density at radius 3 is 2.85 bits per heavy atom. The third kappa shape index (κ3) is 3.23. The molecule has 1 aliphatic carbocycles. The second-order valence-corrected chi connectivity index (χ2v) is 8.13. The van der Waals surface area contributed by atoms with E-state index >= 15 is 0 Å². The SMILES string of the molecule is CNCC1CCC(C)CC1CC1Cc2ccccc2S1. The summed E-state index contributed by atoms with van der Waals surface area (Å²) in [5.41, 5.74) is 1.58. The Bertz CT molecular complexity index is 420. The van der Waals surface area contributed by atoms with Gasteiger partial charge < -0.3 is 5.32 Å². The second-order valence-electron chi connectivity index (χ2n) is 6.78. The topological polar surface area (TPSA) is 12.0 Å². The first-order chi connectivity index (χ1) is 9.76. The zero-order valence-electron chi connectivity index (χ0n) is 12.8. The molecule has 1 aromatic rings. The Kier molecular flexibility index (Phi) is 4.72. The van der Waals surface area contributed by atoms with E-state index < -0.39 is 0 Å². The van der Waals surface area contributed by atoms with E-state index in [0.29, 0.717) is 0 Å². The molecular weight excluding hydrogens is 262 g/mol. The fourth-order valence-corrected chi connectivity index (χ4v) is 5.53. The van der Waals surface area contributed by atoms with Gasteiger partial charge in [0.2, 0.25) is 0 Å². The molecular formula is C18H27NS. The van der Waals surface area contributed by atoms with Crippen molar-refractivity contribution in [3.8, 4) is 0 Å². The number of fused-ring (bicyclic) bond motifs is 1. The maximum absolute atomic E-state index is 3.42. The highest BCUT2D eigenvalue weighted by atomic mass is 32.2. The molecule has 4 unspecified atom stereocenters. The van der Waals surface area contributed by atoms with Crippen LogP contribution in [0.4, 0.5) is 0 Å². The van der Waals surface area contributed by atoms with E-state index in [0.717, 1.165) is 23.0 Å². The summed E-state index contributed by atoms with van der Waals surface area (Å²) in [5.74, 6) is 2.76. The summed E-state index contributed by atoms with van der Waals surface area (Å²) in [4.78, 5) is 1.53. The average molecular weight is 289 g/mol. The second kappa shape index (κ2) is 6.53. The van der Waals surface area contributed by atoms with Gasteiger partial charge in [0, 0.05) is 10.1 Å². The minimum Gasteiger partial charge on any atom is -0.319 e. The molecule has 1 fully saturated rings. The van der Waals surface area contributed by atoms with E-state index in [2.05, 4.69) is 55.3 Å². The third-order valence-electron chi connectivity index (χ3n) is 5.15. The molecule has 0 bridgehead atoms. The zero-order chi connectivity index (χ0) is 13.9. The molecule has 1 heterocycles. The van der Waals surface area contributed by atoms with Gasteiger partial charge in [-0.1, -0.05) is 31.5 Å². The van der Waals surface area contributed by atoms with Gasteiger partial charge >= 0.3 is 0 Å². The number of nitrogens with one attached hydrogen (secondary N) is 1. The molecule has 2 heteroatoms. The van der Waals surface area contributed by atoms with Crippen LogP contribution in [-0.2, 0) is 6.42 Å². The fourth-order valence-electron chi connectivity index (χ4n) is 4.10. The number of benzene rings is 1. The van der Waals surface area contributed by atoms with Crippen molar-refractivity contribution in [3.05, 3.63) is 29.8 Å². The molecule has 0 saturated heterocycles. The van der Waals surface area contributed by atoms with Crippen LogP contribution in [0.5, 0.6) is 0 Å². The van der Waals surface area contributed by atoms with Crippen LogP contribution in [-0.4, -0.2) is 18.8 Å². The zero-order valence-corrected chi connectivity index (χ0v) is 13.6. The van der Waals surface area contributed by atoms with Crippen molar-refractivity contribution < 1.29 is 0 Å². The monoisotopic (exact) mass is 289 g/mol. The number of thioether (sulfide) groups is 1. The lowest BCUT2D eigenvalue weighted by Gasteiger charge is -2.36. The molecule has 0 spiro atoms. The lowest BCUT2D eigenvalue weighted by molar-refractivity contribution is 0.176. The van der Waals surface area contributed by atoms with Gasteiger partial charge in [0.05, 0.1) is 0 Å². The summed E-state index contributed by atoms with van der Waals surface area (Å²) >= 11 is 2.13. The quantitative estimate of drug-likeness (QED) is 0.883. The van der Waals surface area contributed by atoms with Gasteiger partial charge in [-0.15, -0.1) is 11.8 Å². The minimum atomic E-state index is 0.821. The van der Waals surface area contributed by atoms with E-state index in [-0.39, 0.29) is 0 Å². The van der Waals surface area contributed by atoms with Gasteiger partial charge in [-0.25, -0.2) is 0 Å². The Morgan fingerprint density at radius 2 is 2.05 bits per heavy atom. The Balaban J connectivity index is 1.62. The van der Waals surface area contributed by atoms with Gasteiger partial charge in [0.25, 0.3) is 0 Å². The van der Waals surface area contributed by atoms with E-state index in [9.17, 15) is 0 Å². The molecule has 110 valence electrons.